The van der Waals surface area contributed by atoms with E-state index in [2.05, 4.69) is 47.1 Å². The lowest BCUT2D eigenvalue weighted by Crippen LogP contribution is -2.13. The first-order valence-corrected chi connectivity index (χ1v) is 11.5. The second-order valence-electron chi connectivity index (χ2n) is 8.05. The zero-order valence-electron chi connectivity index (χ0n) is 16.6. The van der Waals surface area contributed by atoms with Crippen molar-refractivity contribution in [3.05, 3.63) is 64.1 Å². The molecule has 0 aliphatic heterocycles. The fourth-order valence-electron chi connectivity index (χ4n) is 4.23. The molecule has 0 heterocycles. The third-order valence-corrected chi connectivity index (χ3v) is 6.51. The highest BCUT2D eigenvalue weighted by atomic mass is 79.9. The molecule has 1 nitrogen and oxygen atoms in total. The highest BCUT2D eigenvalue weighted by Gasteiger charge is 2.21. The van der Waals surface area contributed by atoms with Crippen molar-refractivity contribution >= 4 is 15.9 Å². The van der Waals surface area contributed by atoms with E-state index in [1.54, 1.807) is 0 Å². The lowest BCUT2D eigenvalue weighted by molar-refractivity contribution is 0.301. The maximum Gasteiger partial charge on any atom is 0.119 e. The van der Waals surface area contributed by atoms with Gasteiger partial charge < -0.3 is 4.74 Å². The molecule has 0 saturated heterocycles. The summed E-state index contributed by atoms with van der Waals surface area (Å²) in [6, 6.07) is 17.2. The summed E-state index contributed by atoms with van der Waals surface area (Å²) in [6.45, 7) is 2.93. The Morgan fingerprint density at radius 3 is 2.22 bits per heavy atom. The first-order chi connectivity index (χ1) is 13.2. The highest BCUT2D eigenvalue weighted by Crippen LogP contribution is 2.37. The molecule has 2 aromatic rings. The van der Waals surface area contributed by atoms with Gasteiger partial charge in [0.2, 0.25) is 0 Å². The van der Waals surface area contributed by atoms with E-state index in [0.717, 1.165) is 22.1 Å². The quantitative estimate of drug-likeness (QED) is 0.365. The Bertz CT molecular complexity index is 654. The Balaban J connectivity index is 1.42. The van der Waals surface area contributed by atoms with Gasteiger partial charge in [-0.05, 0) is 72.9 Å². The van der Waals surface area contributed by atoms with Gasteiger partial charge in [-0.25, -0.2) is 0 Å². The first-order valence-electron chi connectivity index (χ1n) is 10.7. The molecule has 2 aromatic carbocycles. The normalized spacial score (nSPS) is 19.8. The van der Waals surface area contributed by atoms with E-state index in [1.165, 1.54) is 68.9 Å². The summed E-state index contributed by atoms with van der Waals surface area (Å²) in [5.74, 6) is 2.66. The van der Waals surface area contributed by atoms with Crippen LogP contribution in [0.2, 0.25) is 0 Å². The van der Waals surface area contributed by atoms with Crippen LogP contribution in [0.4, 0.5) is 0 Å². The lowest BCUT2D eigenvalue weighted by atomic mass is 9.77. The number of rotatable bonds is 9. The van der Waals surface area contributed by atoms with Crippen LogP contribution in [0.3, 0.4) is 0 Å². The van der Waals surface area contributed by atoms with Gasteiger partial charge in [0.25, 0.3) is 0 Å². The standard InChI is InChI=1S/C25H33BrO/c1-2-3-4-5-6-20-7-11-22(12-8-20)23-13-9-21(10-14-23)19-27-25-17-15-24(26)16-18-25/h9-10,13-18,20,22H,2-8,11-12,19H2,1H3/t20-,22-. The molecule has 0 radical (unpaired) electrons. The summed E-state index contributed by atoms with van der Waals surface area (Å²) in [7, 11) is 0. The van der Waals surface area contributed by atoms with Gasteiger partial charge in [-0.15, -0.1) is 0 Å². The summed E-state index contributed by atoms with van der Waals surface area (Å²) in [5, 5.41) is 0. The van der Waals surface area contributed by atoms with E-state index in [0.29, 0.717) is 6.61 Å². The minimum absolute atomic E-state index is 0.631. The minimum Gasteiger partial charge on any atom is -0.489 e. The summed E-state index contributed by atoms with van der Waals surface area (Å²) in [6.07, 6.45) is 12.7. The molecule has 0 N–H and O–H groups in total. The van der Waals surface area contributed by atoms with E-state index in [-0.39, 0.29) is 0 Å². The Morgan fingerprint density at radius 1 is 0.852 bits per heavy atom. The van der Waals surface area contributed by atoms with Crippen molar-refractivity contribution in [2.24, 2.45) is 5.92 Å². The predicted octanol–water partition coefficient (Wildman–Crippen LogP) is 8.27. The van der Waals surface area contributed by atoms with Gasteiger partial charge in [0.1, 0.15) is 12.4 Å². The van der Waals surface area contributed by atoms with Crippen LogP contribution in [0, 0.1) is 5.92 Å². The fraction of sp³-hybridized carbons (Fsp3) is 0.520. The maximum atomic E-state index is 5.88. The zero-order valence-corrected chi connectivity index (χ0v) is 18.2. The number of hydrogen-bond donors (Lipinski definition) is 0. The number of hydrogen-bond acceptors (Lipinski definition) is 1. The van der Waals surface area contributed by atoms with Crippen LogP contribution in [-0.4, -0.2) is 0 Å². The van der Waals surface area contributed by atoms with E-state index in [1.807, 2.05) is 24.3 Å². The summed E-state index contributed by atoms with van der Waals surface area (Å²) >= 11 is 3.45. The summed E-state index contributed by atoms with van der Waals surface area (Å²) in [4.78, 5) is 0. The van der Waals surface area contributed by atoms with Crippen molar-refractivity contribution in [2.45, 2.75) is 77.2 Å². The Labute approximate surface area is 173 Å². The maximum absolute atomic E-state index is 5.88. The molecule has 1 aliphatic rings. The third-order valence-electron chi connectivity index (χ3n) is 5.98. The van der Waals surface area contributed by atoms with Crippen molar-refractivity contribution in [1.29, 1.82) is 0 Å². The van der Waals surface area contributed by atoms with Crippen LogP contribution in [0.15, 0.2) is 53.0 Å². The molecule has 2 heteroatoms. The number of unbranched alkanes of at least 4 members (excludes halogenated alkanes) is 3. The highest BCUT2D eigenvalue weighted by molar-refractivity contribution is 9.10. The molecule has 0 spiro atoms. The average molecular weight is 429 g/mol. The second-order valence-corrected chi connectivity index (χ2v) is 8.97. The topological polar surface area (TPSA) is 9.23 Å². The van der Waals surface area contributed by atoms with Gasteiger partial charge in [0, 0.05) is 4.47 Å². The molecular weight excluding hydrogens is 396 g/mol. The zero-order chi connectivity index (χ0) is 18.9. The molecule has 0 bridgehead atoms. The van der Waals surface area contributed by atoms with E-state index in [9.17, 15) is 0 Å². The molecule has 1 saturated carbocycles. The molecule has 27 heavy (non-hydrogen) atoms. The van der Waals surface area contributed by atoms with E-state index >= 15 is 0 Å². The average Bonchev–Trinajstić information content (AvgIpc) is 2.72. The number of benzene rings is 2. The molecule has 1 fully saturated rings. The Morgan fingerprint density at radius 2 is 1.56 bits per heavy atom. The molecular formula is C25H33BrO. The largest absolute Gasteiger partial charge is 0.489 e. The van der Waals surface area contributed by atoms with Gasteiger partial charge in [-0.1, -0.05) is 79.2 Å². The van der Waals surface area contributed by atoms with Crippen LogP contribution < -0.4 is 4.74 Å². The molecule has 0 amide bonds. The van der Waals surface area contributed by atoms with Gasteiger partial charge in [-0.3, -0.25) is 0 Å². The van der Waals surface area contributed by atoms with Crippen LogP contribution in [0.1, 0.15) is 81.8 Å². The monoisotopic (exact) mass is 428 g/mol. The smallest absolute Gasteiger partial charge is 0.119 e. The summed E-state index contributed by atoms with van der Waals surface area (Å²) in [5.41, 5.74) is 2.76. The predicted molar refractivity (Wildman–Crippen MR) is 118 cm³/mol. The fourth-order valence-corrected chi connectivity index (χ4v) is 4.49. The van der Waals surface area contributed by atoms with Gasteiger partial charge in [-0.2, -0.15) is 0 Å². The Hall–Kier alpha value is -1.28. The molecule has 0 aromatic heterocycles. The van der Waals surface area contributed by atoms with Gasteiger partial charge in [0.15, 0.2) is 0 Å². The minimum atomic E-state index is 0.631. The third kappa shape index (κ3) is 6.68. The van der Waals surface area contributed by atoms with Crippen molar-refractivity contribution in [2.75, 3.05) is 0 Å². The number of ether oxygens (including phenoxy) is 1. The first kappa shape index (κ1) is 20.5. The summed E-state index contributed by atoms with van der Waals surface area (Å²) < 4.78 is 6.96. The van der Waals surface area contributed by atoms with Crippen molar-refractivity contribution in [1.82, 2.24) is 0 Å². The lowest BCUT2D eigenvalue weighted by Gasteiger charge is -2.29. The van der Waals surface area contributed by atoms with Gasteiger partial charge in [0.05, 0.1) is 0 Å². The van der Waals surface area contributed by atoms with Crippen LogP contribution in [0.5, 0.6) is 5.75 Å². The molecule has 0 unspecified atom stereocenters. The van der Waals surface area contributed by atoms with Crippen molar-refractivity contribution in [3.8, 4) is 5.75 Å². The molecule has 3 rings (SSSR count). The van der Waals surface area contributed by atoms with Crippen molar-refractivity contribution < 1.29 is 4.74 Å². The van der Waals surface area contributed by atoms with Crippen LogP contribution >= 0.6 is 15.9 Å². The molecule has 0 atom stereocenters. The second kappa shape index (κ2) is 10.9. The van der Waals surface area contributed by atoms with Gasteiger partial charge >= 0.3 is 0 Å². The number of halogens is 1. The molecule has 1 aliphatic carbocycles. The van der Waals surface area contributed by atoms with Crippen LogP contribution in [0.25, 0.3) is 0 Å². The van der Waals surface area contributed by atoms with E-state index < -0.39 is 0 Å². The van der Waals surface area contributed by atoms with E-state index in [4.69, 9.17) is 4.74 Å². The molecule has 146 valence electrons. The SMILES string of the molecule is CCCCCC[C@H]1CC[C@H](c2ccc(COc3ccc(Br)cc3)cc2)CC1. The Kier molecular flexibility index (Phi) is 8.26. The van der Waals surface area contributed by atoms with Crippen LogP contribution in [-0.2, 0) is 6.61 Å². The van der Waals surface area contributed by atoms with Crippen molar-refractivity contribution in [3.63, 3.8) is 0 Å².